The van der Waals surface area contributed by atoms with E-state index in [1.165, 1.54) is 0 Å². The summed E-state index contributed by atoms with van der Waals surface area (Å²) in [4.78, 5) is 11.8. The second-order valence-electron chi connectivity index (χ2n) is 4.15. The zero-order chi connectivity index (χ0) is 12.3. The number of nitriles is 1. The maximum Gasteiger partial charge on any atom is 0.252 e. The molecule has 0 spiro atoms. The Morgan fingerprint density at radius 3 is 2.59 bits per heavy atom. The zero-order valence-corrected chi connectivity index (χ0v) is 9.64. The summed E-state index contributed by atoms with van der Waals surface area (Å²) in [5, 5.41) is 11.7. The van der Waals surface area contributed by atoms with E-state index in [2.05, 4.69) is 11.4 Å². The Balaban J connectivity index is 2.01. The molecule has 1 amide bonds. The highest BCUT2D eigenvalue weighted by molar-refractivity contribution is 5.94. The molecule has 1 unspecified atom stereocenters. The summed E-state index contributed by atoms with van der Waals surface area (Å²) >= 11 is 0. The summed E-state index contributed by atoms with van der Waals surface area (Å²) in [6, 6.07) is 8.61. The third-order valence-corrected chi connectivity index (χ3v) is 2.87. The summed E-state index contributed by atoms with van der Waals surface area (Å²) in [7, 11) is 1.58. The minimum Gasteiger partial charge on any atom is -0.497 e. The van der Waals surface area contributed by atoms with Crippen LogP contribution in [0.3, 0.4) is 0 Å². The van der Waals surface area contributed by atoms with Gasteiger partial charge < -0.3 is 10.1 Å². The number of carbonyl (C=O) groups excluding carboxylic acids is 1. The molecule has 0 saturated heterocycles. The summed E-state index contributed by atoms with van der Waals surface area (Å²) in [6.07, 6.45) is 2.06. The second-order valence-corrected chi connectivity index (χ2v) is 4.15. The van der Waals surface area contributed by atoms with E-state index in [1.807, 2.05) is 0 Å². The lowest BCUT2D eigenvalue weighted by Gasteiger charge is -2.10. The number of methoxy groups -OCH3 is 1. The van der Waals surface area contributed by atoms with Gasteiger partial charge in [-0.2, -0.15) is 5.26 Å². The van der Waals surface area contributed by atoms with Gasteiger partial charge in [0.2, 0.25) is 0 Å². The molecule has 4 nitrogen and oxygen atoms in total. The molecule has 0 aromatic heterocycles. The van der Waals surface area contributed by atoms with Crippen molar-refractivity contribution in [1.29, 1.82) is 5.26 Å². The fourth-order valence-corrected chi connectivity index (χ4v) is 1.65. The third-order valence-electron chi connectivity index (χ3n) is 2.87. The number of rotatable bonds is 4. The zero-order valence-electron chi connectivity index (χ0n) is 9.64. The largest absolute Gasteiger partial charge is 0.497 e. The van der Waals surface area contributed by atoms with Crippen LogP contribution in [0.2, 0.25) is 0 Å². The van der Waals surface area contributed by atoms with E-state index in [9.17, 15) is 4.79 Å². The Hall–Kier alpha value is -2.02. The molecule has 2 rings (SSSR count). The van der Waals surface area contributed by atoms with Gasteiger partial charge in [-0.05, 0) is 43.0 Å². The van der Waals surface area contributed by atoms with E-state index >= 15 is 0 Å². The highest BCUT2D eigenvalue weighted by Crippen LogP contribution is 2.32. The topological polar surface area (TPSA) is 62.1 Å². The van der Waals surface area contributed by atoms with Crippen LogP contribution in [0.4, 0.5) is 0 Å². The number of amides is 1. The molecule has 1 aromatic rings. The summed E-state index contributed by atoms with van der Waals surface area (Å²) < 4.78 is 5.02. The van der Waals surface area contributed by atoms with Crippen LogP contribution in [-0.4, -0.2) is 19.1 Å². The number of carbonyl (C=O) groups is 1. The Labute approximate surface area is 100 Å². The fourth-order valence-electron chi connectivity index (χ4n) is 1.65. The third kappa shape index (κ3) is 2.76. The van der Waals surface area contributed by atoms with Gasteiger partial charge >= 0.3 is 0 Å². The van der Waals surface area contributed by atoms with Crippen LogP contribution in [0.5, 0.6) is 5.75 Å². The van der Waals surface area contributed by atoms with Gasteiger partial charge in [-0.15, -0.1) is 0 Å². The smallest absolute Gasteiger partial charge is 0.252 e. The van der Waals surface area contributed by atoms with Gasteiger partial charge in [-0.3, -0.25) is 4.79 Å². The van der Waals surface area contributed by atoms with Crippen LogP contribution in [0.1, 0.15) is 23.2 Å². The first-order valence-corrected chi connectivity index (χ1v) is 5.59. The Morgan fingerprint density at radius 1 is 1.47 bits per heavy atom. The van der Waals surface area contributed by atoms with Crippen LogP contribution >= 0.6 is 0 Å². The Kier molecular flexibility index (Phi) is 3.29. The van der Waals surface area contributed by atoms with E-state index in [0.29, 0.717) is 17.2 Å². The molecule has 1 aliphatic carbocycles. The predicted octanol–water partition coefficient (Wildman–Crippen LogP) is 1.73. The molecular weight excluding hydrogens is 216 g/mol. The first kappa shape index (κ1) is 11.5. The molecule has 1 saturated carbocycles. The average molecular weight is 230 g/mol. The van der Waals surface area contributed by atoms with Crippen LogP contribution < -0.4 is 10.1 Å². The number of nitrogens with one attached hydrogen (secondary N) is 1. The van der Waals surface area contributed by atoms with Gasteiger partial charge in [0, 0.05) is 5.56 Å². The molecule has 4 heteroatoms. The van der Waals surface area contributed by atoms with Crippen molar-refractivity contribution in [2.45, 2.75) is 18.9 Å². The van der Waals surface area contributed by atoms with Crippen molar-refractivity contribution in [2.75, 3.05) is 7.11 Å². The van der Waals surface area contributed by atoms with Crippen LogP contribution in [0.25, 0.3) is 0 Å². The van der Waals surface area contributed by atoms with Crippen LogP contribution in [0, 0.1) is 17.2 Å². The lowest BCUT2D eigenvalue weighted by Crippen LogP contribution is -2.35. The number of benzene rings is 1. The van der Waals surface area contributed by atoms with E-state index in [4.69, 9.17) is 10.00 Å². The molecule has 1 aliphatic rings. The summed E-state index contributed by atoms with van der Waals surface area (Å²) in [5.41, 5.74) is 0.548. The van der Waals surface area contributed by atoms with Gasteiger partial charge in [0.25, 0.3) is 5.91 Å². The molecule has 1 aromatic carbocycles. The van der Waals surface area contributed by atoms with Crippen molar-refractivity contribution in [1.82, 2.24) is 5.32 Å². The van der Waals surface area contributed by atoms with Gasteiger partial charge in [-0.25, -0.2) is 0 Å². The fraction of sp³-hybridized carbons (Fsp3) is 0.385. The van der Waals surface area contributed by atoms with Crippen LogP contribution in [0.15, 0.2) is 24.3 Å². The monoisotopic (exact) mass is 230 g/mol. The van der Waals surface area contributed by atoms with E-state index in [1.54, 1.807) is 31.4 Å². The molecule has 17 heavy (non-hydrogen) atoms. The van der Waals surface area contributed by atoms with Crippen LogP contribution in [-0.2, 0) is 0 Å². The average Bonchev–Trinajstić information content (AvgIpc) is 3.20. The summed E-state index contributed by atoms with van der Waals surface area (Å²) in [6.45, 7) is 0. The molecule has 0 bridgehead atoms. The van der Waals surface area contributed by atoms with Gasteiger partial charge in [0.05, 0.1) is 13.2 Å². The number of hydrogen-bond acceptors (Lipinski definition) is 3. The molecule has 0 radical (unpaired) electrons. The number of nitrogens with zero attached hydrogens (tertiary/aromatic N) is 1. The molecular formula is C13H14N2O2. The van der Waals surface area contributed by atoms with Crippen molar-refractivity contribution >= 4 is 5.91 Å². The standard InChI is InChI=1S/C13H14N2O2/c1-17-11-6-4-10(5-7-11)13(16)15-12(8-14)9-2-3-9/h4-7,9,12H,2-3H2,1H3,(H,15,16). The van der Waals surface area contributed by atoms with Crippen molar-refractivity contribution in [3.05, 3.63) is 29.8 Å². The molecule has 1 N–H and O–H groups in total. The maximum absolute atomic E-state index is 11.8. The first-order valence-electron chi connectivity index (χ1n) is 5.59. The van der Waals surface area contributed by atoms with E-state index < -0.39 is 0 Å². The number of ether oxygens (including phenoxy) is 1. The molecule has 0 heterocycles. The van der Waals surface area contributed by atoms with Crippen molar-refractivity contribution in [3.63, 3.8) is 0 Å². The molecule has 1 atom stereocenters. The first-order chi connectivity index (χ1) is 8.24. The quantitative estimate of drug-likeness (QED) is 0.856. The summed E-state index contributed by atoms with van der Waals surface area (Å²) in [5.74, 6) is 0.842. The van der Waals surface area contributed by atoms with Gasteiger partial charge in [0.15, 0.2) is 0 Å². The lowest BCUT2D eigenvalue weighted by molar-refractivity contribution is 0.0942. The molecule has 0 aliphatic heterocycles. The molecule has 1 fully saturated rings. The Morgan fingerprint density at radius 2 is 2.12 bits per heavy atom. The lowest BCUT2D eigenvalue weighted by atomic mass is 10.1. The SMILES string of the molecule is COc1ccc(C(=O)NC(C#N)C2CC2)cc1. The number of hydrogen-bond donors (Lipinski definition) is 1. The second kappa shape index (κ2) is 4.88. The minimum atomic E-state index is -0.357. The van der Waals surface area contributed by atoms with Crippen molar-refractivity contribution in [2.24, 2.45) is 5.92 Å². The van der Waals surface area contributed by atoms with E-state index in [0.717, 1.165) is 12.8 Å². The highest BCUT2D eigenvalue weighted by Gasteiger charge is 2.32. The predicted molar refractivity (Wildman–Crippen MR) is 62.6 cm³/mol. The Bertz CT molecular complexity index is 443. The van der Waals surface area contributed by atoms with Gasteiger partial charge in [0.1, 0.15) is 11.8 Å². The maximum atomic E-state index is 11.8. The highest BCUT2D eigenvalue weighted by atomic mass is 16.5. The van der Waals surface area contributed by atoms with Crippen molar-refractivity contribution in [3.8, 4) is 11.8 Å². The van der Waals surface area contributed by atoms with Crippen molar-refractivity contribution < 1.29 is 9.53 Å². The van der Waals surface area contributed by atoms with E-state index in [-0.39, 0.29) is 11.9 Å². The minimum absolute atomic E-state index is 0.203. The normalized spacial score (nSPS) is 15.8. The van der Waals surface area contributed by atoms with Gasteiger partial charge in [-0.1, -0.05) is 0 Å². The molecule has 88 valence electrons.